The summed E-state index contributed by atoms with van der Waals surface area (Å²) in [4.78, 5) is 2.43. The molecule has 0 spiro atoms. The van der Waals surface area contributed by atoms with E-state index >= 15 is 0 Å². The molecule has 1 aromatic heterocycles. The fourth-order valence-electron chi connectivity index (χ4n) is 1.97. The molecule has 0 saturated heterocycles. The summed E-state index contributed by atoms with van der Waals surface area (Å²) in [6, 6.07) is 0. The maximum absolute atomic E-state index is 4.12. The normalized spacial score (nSPS) is 16.3. The van der Waals surface area contributed by atoms with Crippen LogP contribution in [0.3, 0.4) is 0 Å². The van der Waals surface area contributed by atoms with Crippen molar-refractivity contribution in [2.24, 2.45) is 0 Å². The standard InChI is InChI=1S/C11H21N5/c1-2-3-4-12-5-6-15-7-8-16-10-13-14-11(16)9-15/h10,12H,2-9H2,1H3. The van der Waals surface area contributed by atoms with E-state index in [2.05, 4.69) is 31.9 Å². The van der Waals surface area contributed by atoms with Crippen LogP contribution < -0.4 is 5.32 Å². The van der Waals surface area contributed by atoms with Gasteiger partial charge in [0.05, 0.1) is 6.54 Å². The maximum Gasteiger partial charge on any atom is 0.147 e. The van der Waals surface area contributed by atoms with E-state index in [9.17, 15) is 0 Å². The highest BCUT2D eigenvalue weighted by atomic mass is 15.3. The molecule has 0 radical (unpaired) electrons. The highest BCUT2D eigenvalue weighted by molar-refractivity contribution is 4.89. The lowest BCUT2D eigenvalue weighted by molar-refractivity contribution is 0.217. The Bertz CT molecular complexity index is 309. The van der Waals surface area contributed by atoms with Crippen LogP contribution in [0, 0.1) is 0 Å². The van der Waals surface area contributed by atoms with Crippen LogP contribution in [-0.4, -0.2) is 45.8 Å². The van der Waals surface area contributed by atoms with Gasteiger partial charge < -0.3 is 9.88 Å². The molecule has 0 saturated carbocycles. The van der Waals surface area contributed by atoms with Crippen molar-refractivity contribution in [2.75, 3.05) is 26.2 Å². The minimum absolute atomic E-state index is 0.940. The molecule has 0 fully saturated rings. The van der Waals surface area contributed by atoms with E-state index in [0.29, 0.717) is 0 Å². The van der Waals surface area contributed by atoms with Gasteiger partial charge in [0.1, 0.15) is 12.2 Å². The van der Waals surface area contributed by atoms with Gasteiger partial charge in [-0.15, -0.1) is 10.2 Å². The minimum atomic E-state index is 0.940. The van der Waals surface area contributed by atoms with Crippen molar-refractivity contribution in [1.29, 1.82) is 0 Å². The van der Waals surface area contributed by atoms with Gasteiger partial charge in [-0.1, -0.05) is 13.3 Å². The molecule has 90 valence electrons. The third kappa shape index (κ3) is 3.02. The van der Waals surface area contributed by atoms with E-state index in [1.807, 2.05) is 6.33 Å². The molecule has 0 aliphatic carbocycles. The van der Waals surface area contributed by atoms with Crippen LogP contribution >= 0.6 is 0 Å². The zero-order chi connectivity index (χ0) is 11.2. The molecule has 2 rings (SSSR count). The fourth-order valence-corrected chi connectivity index (χ4v) is 1.97. The molecule has 2 heterocycles. The average molecular weight is 223 g/mol. The van der Waals surface area contributed by atoms with Gasteiger partial charge in [0.2, 0.25) is 0 Å². The van der Waals surface area contributed by atoms with Crippen molar-refractivity contribution in [3.63, 3.8) is 0 Å². The van der Waals surface area contributed by atoms with Crippen LogP contribution in [0.2, 0.25) is 0 Å². The number of unbranched alkanes of at least 4 members (excludes halogenated alkanes) is 1. The fraction of sp³-hybridized carbons (Fsp3) is 0.818. The SMILES string of the molecule is CCCCNCCN1CCn2cnnc2C1. The molecule has 1 N–H and O–H groups in total. The van der Waals surface area contributed by atoms with E-state index in [-0.39, 0.29) is 0 Å². The van der Waals surface area contributed by atoms with Crippen LogP contribution in [0.5, 0.6) is 0 Å². The minimum Gasteiger partial charge on any atom is -0.315 e. The summed E-state index contributed by atoms with van der Waals surface area (Å²) in [6.45, 7) is 8.62. The van der Waals surface area contributed by atoms with Crippen molar-refractivity contribution in [1.82, 2.24) is 25.0 Å². The number of rotatable bonds is 6. The summed E-state index contributed by atoms with van der Waals surface area (Å²) < 4.78 is 2.14. The number of nitrogens with zero attached hydrogens (tertiary/aromatic N) is 4. The summed E-state index contributed by atoms with van der Waals surface area (Å²) in [7, 11) is 0. The molecule has 1 aliphatic heterocycles. The first-order valence-electron chi connectivity index (χ1n) is 6.20. The molecule has 0 atom stereocenters. The van der Waals surface area contributed by atoms with Crippen molar-refractivity contribution in [2.45, 2.75) is 32.9 Å². The summed E-state index contributed by atoms with van der Waals surface area (Å²) in [5.41, 5.74) is 0. The van der Waals surface area contributed by atoms with Gasteiger partial charge >= 0.3 is 0 Å². The molecule has 0 amide bonds. The van der Waals surface area contributed by atoms with Crippen LogP contribution in [0.4, 0.5) is 0 Å². The number of hydrogen-bond donors (Lipinski definition) is 1. The Morgan fingerprint density at radius 2 is 2.31 bits per heavy atom. The van der Waals surface area contributed by atoms with Crippen LogP contribution in [0.25, 0.3) is 0 Å². The molecule has 0 unspecified atom stereocenters. The van der Waals surface area contributed by atoms with Gasteiger partial charge in [-0.05, 0) is 13.0 Å². The maximum atomic E-state index is 4.12. The first kappa shape index (κ1) is 11.5. The third-order valence-electron chi connectivity index (χ3n) is 3.03. The smallest absolute Gasteiger partial charge is 0.147 e. The lowest BCUT2D eigenvalue weighted by Crippen LogP contribution is -2.38. The highest BCUT2D eigenvalue weighted by Crippen LogP contribution is 2.07. The first-order valence-corrected chi connectivity index (χ1v) is 6.20. The second-order valence-electron chi connectivity index (χ2n) is 4.32. The molecular weight excluding hydrogens is 202 g/mol. The van der Waals surface area contributed by atoms with E-state index in [1.54, 1.807) is 0 Å². The number of aromatic nitrogens is 3. The van der Waals surface area contributed by atoms with Crippen molar-refractivity contribution < 1.29 is 0 Å². The summed E-state index contributed by atoms with van der Waals surface area (Å²) >= 11 is 0. The van der Waals surface area contributed by atoms with Crippen LogP contribution in [0.15, 0.2) is 6.33 Å². The van der Waals surface area contributed by atoms with Gasteiger partial charge in [0, 0.05) is 26.2 Å². The third-order valence-corrected chi connectivity index (χ3v) is 3.03. The largest absolute Gasteiger partial charge is 0.315 e. The topological polar surface area (TPSA) is 46.0 Å². The highest BCUT2D eigenvalue weighted by Gasteiger charge is 2.16. The lowest BCUT2D eigenvalue weighted by Gasteiger charge is -2.26. The number of hydrogen-bond acceptors (Lipinski definition) is 4. The van der Waals surface area contributed by atoms with Crippen molar-refractivity contribution >= 4 is 0 Å². The molecule has 0 aromatic carbocycles. The Labute approximate surface area is 96.8 Å². The van der Waals surface area contributed by atoms with E-state index in [0.717, 1.165) is 45.1 Å². The second kappa shape index (κ2) is 5.96. The van der Waals surface area contributed by atoms with E-state index < -0.39 is 0 Å². The summed E-state index contributed by atoms with van der Waals surface area (Å²) in [5.74, 6) is 1.10. The van der Waals surface area contributed by atoms with Crippen LogP contribution in [0.1, 0.15) is 25.6 Å². The Kier molecular flexibility index (Phi) is 4.30. The summed E-state index contributed by atoms with van der Waals surface area (Å²) in [6.07, 6.45) is 4.36. The van der Waals surface area contributed by atoms with E-state index in [1.165, 1.54) is 12.8 Å². The Hall–Kier alpha value is -0.940. The number of nitrogens with one attached hydrogen (secondary N) is 1. The van der Waals surface area contributed by atoms with Gasteiger partial charge in [-0.25, -0.2) is 0 Å². The molecule has 5 heteroatoms. The van der Waals surface area contributed by atoms with Gasteiger partial charge in [-0.2, -0.15) is 0 Å². The van der Waals surface area contributed by atoms with E-state index in [4.69, 9.17) is 0 Å². The van der Waals surface area contributed by atoms with Crippen LogP contribution in [-0.2, 0) is 13.1 Å². The quantitative estimate of drug-likeness (QED) is 0.713. The Morgan fingerprint density at radius 1 is 1.38 bits per heavy atom. The van der Waals surface area contributed by atoms with Crippen molar-refractivity contribution in [3.05, 3.63) is 12.2 Å². The lowest BCUT2D eigenvalue weighted by atomic mass is 10.3. The molecule has 1 aliphatic rings. The zero-order valence-corrected chi connectivity index (χ0v) is 10.0. The molecule has 5 nitrogen and oxygen atoms in total. The molecule has 1 aromatic rings. The van der Waals surface area contributed by atoms with Gasteiger partial charge in [0.15, 0.2) is 0 Å². The van der Waals surface area contributed by atoms with Crippen molar-refractivity contribution in [3.8, 4) is 0 Å². The summed E-state index contributed by atoms with van der Waals surface area (Å²) in [5, 5.41) is 11.5. The van der Waals surface area contributed by atoms with Gasteiger partial charge in [-0.3, -0.25) is 4.90 Å². The molecule has 0 bridgehead atoms. The Morgan fingerprint density at radius 3 is 3.19 bits per heavy atom. The molecular formula is C11H21N5. The monoisotopic (exact) mass is 223 g/mol. The van der Waals surface area contributed by atoms with Gasteiger partial charge in [0.25, 0.3) is 0 Å². The predicted octanol–water partition coefficient (Wildman–Crippen LogP) is 0.483. The number of fused-ring (bicyclic) bond motifs is 1. The second-order valence-corrected chi connectivity index (χ2v) is 4.32. The zero-order valence-electron chi connectivity index (χ0n) is 10.0. The predicted molar refractivity (Wildman–Crippen MR) is 63.1 cm³/mol. The Balaban J connectivity index is 1.65. The molecule has 16 heavy (non-hydrogen) atoms. The first-order chi connectivity index (χ1) is 7.90. The average Bonchev–Trinajstić information content (AvgIpc) is 2.76.